The Hall–Kier alpha value is 0.720. The first-order valence-corrected chi connectivity index (χ1v) is 8.52. The average molecular weight is 557 g/mol. The van der Waals surface area contributed by atoms with Crippen molar-refractivity contribution in [3.63, 3.8) is 0 Å². The second-order valence-electron chi connectivity index (χ2n) is 4.65. The predicted molar refractivity (Wildman–Crippen MR) is 110 cm³/mol. The van der Waals surface area contributed by atoms with Crippen molar-refractivity contribution in [3.05, 3.63) is 37.5 Å². The van der Waals surface area contributed by atoms with E-state index in [2.05, 4.69) is 68.0 Å². The van der Waals surface area contributed by atoms with Crippen molar-refractivity contribution in [1.29, 1.82) is 0 Å². The summed E-state index contributed by atoms with van der Waals surface area (Å²) < 4.78 is 2.09. The van der Waals surface area contributed by atoms with Gasteiger partial charge >= 0.3 is 0 Å². The third kappa shape index (κ3) is 5.69. The summed E-state index contributed by atoms with van der Waals surface area (Å²) in [6.07, 6.45) is 2.81. The van der Waals surface area contributed by atoms with Crippen molar-refractivity contribution in [2.45, 2.75) is 12.5 Å². The number of phenolic OH excluding ortho intramolecular Hbond substituents is 1. The van der Waals surface area contributed by atoms with Gasteiger partial charge in [0.1, 0.15) is 5.75 Å². The molecule has 0 bridgehead atoms. The second kappa shape index (κ2) is 10.5. The van der Waals surface area contributed by atoms with Gasteiger partial charge in [-0.15, -0.1) is 31.4 Å². The number of halogens is 4. The lowest BCUT2D eigenvalue weighted by Gasteiger charge is -2.35. The molecule has 1 aliphatic rings. The Morgan fingerprint density at radius 3 is 2.48 bits per heavy atom. The Bertz CT molecular complexity index is 469. The number of nitrogens with zero attached hydrogens (tertiary/aromatic N) is 1. The molecule has 21 heavy (non-hydrogen) atoms. The van der Waals surface area contributed by atoms with Crippen molar-refractivity contribution in [3.8, 4) is 5.75 Å². The fourth-order valence-corrected chi connectivity index (χ4v) is 4.35. The van der Waals surface area contributed by atoms with Crippen LogP contribution in [0.15, 0.2) is 24.8 Å². The van der Waals surface area contributed by atoms with Crippen molar-refractivity contribution in [1.82, 2.24) is 10.2 Å². The van der Waals surface area contributed by atoms with Gasteiger partial charge in [0, 0.05) is 41.4 Å². The van der Waals surface area contributed by atoms with Gasteiger partial charge in [-0.2, -0.15) is 0 Å². The van der Waals surface area contributed by atoms with Crippen molar-refractivity contribution in [2.75, 3.05) is 26.2 Å². The van der Waals surface area contributed by atoms with E-state index in [0.717, 1.165) is 41.7 Å². The molecule has 0 spiro atoms. The van der Waals surface area contributed by atoms with Gasteiger partial charge in [0.25, 0.3) is 0 Å². The van der Waals surface area contributed by atoms with Gasteiger partial charge < -0.3 is 10.4 Å². The van der Waals surface area contributed by atoms with Gasteiger partial charge in [0.05, 0.1) is 3.57 Å². The molecule has 1 heterocycles. The van der Waals surface area contributed by atoms with Gasteiger partial charge in [0.2, 0.25) is 0 Å². The average Bonchev–Trinajstić information content (AvgIpc) is 2.41. The van der Waals surface area contributed by atoms with E-state index in [0.29, 0.717) is 5.75 Å². The van der Waals surface area contributed by atoms with Crippen molar-refractivity contribution < 1.29 is 5.11 Å². The van der Waals surface area contributed by atoms with Crippen LogP contribution in [0.2, 0.25) is 0 Å². The number of piperazine rings is 1. The van der Waals surface area contributed by atoms with E-state index < -0.39 is 0 Å². The third-order valence-electron chi connectivity index (χ3n) is 3.40. The van der Waals surface area contributed by atoms with Crippen LogP contribution in [-0.4, -0.2) is 36.2 Å². The molecule has 0 radical (unpaired) electrons. The Labute approximate surface area is 166 Å². The Kier molecular flexibility index (Phi) is 10.8. The summed E-state index contributed by atoms with van der Waals surface area (Å²) in [6, 6.07) is 4.32. The van der Waals surface area contributed by atoms with Crippen LogP contribution < -0.4 is 5.32 Å². The highest BCUT2D eigenvalue weighted by Crippen LogP contribution is 2.36. The first-order valence-electron chi connectivity index (χ1n) is 6.37. The minimum atomic E-state index is 0. The molecule has 0 aliphatic carbocycles. The summed E-state index contributed by atoms with van der Waals surface area (Å²) in [6.45, 7) is 7.91. The minimum Gasteiger partial charge on any atom is -0.506 e. The van der Waals surface area contributed by atoms with Crippen molar-refractivity contribution >= 4 is 70.0 Å². The smallest absolute Gasteiger partial charge is 0.133 e. The van der Waals surface area contributed by atoms with Crippen LogP contribution in [0.5, 0.6) is 5.75 Å². The van der Waals surface area contributed by atoms with E-state index in [1.54, 1.807) is 0 Å². The molecule has 1 saturated heterocycles. The molecule has 1 fully saturated rings. The summed E-state index contributed by atoms with van der Waals surface area (Å²) in [5.74, 6) is 0.423. The number of rotatable bonds is 4. The van der Waals surface area contributed by atoms with E-state index in [9.17, 15) is 5.11 Å². The quantitative estimate of drug-likeness (QED) is 0.435. The normalized spacial score (nSPS) is 16.5. The number of benzene rings is 1. The van der Waals surface area contributed by atoms with Crippen LogP contribution in [0.25, 0.3) is 0 Å². The fourth-order valence-electron chi connectivity index (χ4n) is 2.46. The first kappa shape index (κ1) is 21.7. The number of phenols is 1. The van der Waals surface area contributed by atoms with Crippen LogP contribution in [0, 0.1) is 7.14 Å². The summed E-state index contributed by atoms with van der Waals surface area (Å²) >= 11 is 4.50. The van der Waals surface area contributed by atoms with Crippen LogP contribution in [0.3, 0.4) is 0 Å². The second-order valence-corrected chi connectivity index (χ2v) is 7.06. The minimum absolute atomic E-state index is 0. The monoisotopic (exact) mass is 556 g/mol. The Morgan fingerprint density at radius 1 is 1.29 bits per heavy atom. The zero-order valence-electron chi connectivity index (χ0n) is 11.5. The van der Waals surface area contributed by atoms with E-state index in [-0.39, 0.29) is 30.9 Å². The maximum Gasteiger partial charge on any atom is 0.133 e. The standard InChI is InChI=1S/C14H18I2N2O.2ClH/c1-2-3-13(18-6-4-17-5-7-18)11-8-10(15)9-12(16)14(11)19;;/h2,8-9,13,17,19H,1,3-7H2;2*1H/t13-;;/m1../s1. The number of hydrogen-bond donors (Lipinski definition) is 2. The largest absolute Gasteiger partial charge is 0.506 e. The topological polar surface area (TPSA) is 35.5 Å². The highest BCUT2D eigenvalue weighted by atomic mass is 127. The molecule has 0 amide bonds. The summed E-state index contributed by atoms with van der Waals surface area (Å²) in [4.78, 5) is 2.43. The Morgan fingerprint density at radius 2 is 1.90 bits per heavy atom. The van der Waals surface area contributed by atoms with E-state index in [1.807, 2.05) is 12.1 Å². The van der Waals surface area contributed by atoms with E-state index in [1.165, 1.54) is 3.57 Å². The molecule has 1 aromatic carbocycles. The van der Waals surface area contributed by atoms with E-state index >= 15 is 0 Å². The predicted octanol–water partition coefficient (Wildman–Crippen LogP) is 3.97. The molecule has 120 valence electrons. The number of nitrogens with one attached hydrogen (secondary N) is 1. The lowest BCUT2D eigenvalue weighted by Crippen LogP contribution is -2.45. The molecule has 0 aromatic heterocycles. The van der Waals surface area contributed by atoms with Crippen molar-refractivity contribution in [2.24, 2.45) is 0 Å². The van der Waals surface area contributed by atoms with E-state index in [4.69, 9.17) is 0 Å². The molecule has 3 nitrogen and oxygen atoms in total. The first-order chi connectivity index (χ1) is 9.13. The molecule has 1 aliphatic heterocycles. The zero-order chi connectivity index (χ0) is 13.8. The lowest BCUT2D eigenvalue weighted by molar-refractivity contribution is 0.172. The maximum absolute atomic E-state index is 10.4. The van der Waals surface area contributed by atoms with Gasteiger partial charge in [-0.05, 0) is 63.7 Å². The Balaban J connectivity index is 0.00000200. The molecule has 1 aromatic rings. The molecule has 1 atom stereocenters. The SMILES string of the molecule is C=CC[C@H](c1cc(I)cc(I)c1O)N1CCNCC1.Cl.Cl. The van der Waals surface area contributed by atoms with Gasteiger partial charge in [0.15, 0.2) is 0 Å². The third-order valence-corrected chi connectivity index (χ3v) is 4.84. The molecule has 0 unspecified atom stereocenters. The molecule has 7 heteroatoms. The van der Waals surface area contributed by atoms with Gasteiger partial charge in [-0.1, -0.05) is 6.08 Å². The summed E-state index contributed by atoms with van der Waals surface area (Å²) in [5.41, 5.74) is 1.03. The molecule has 2 N–H and O–H groups in total. The zero-order valence-corrected chi connectivity index (χ0v) is 17.5. The number of hydrogen-bond acceptors (Lipinski definition) is 3. The molecular formula is C14H20Cl2I2N2O. The van der Waals surface area contributed by atoms with Crippen LogP contribution in [-0.2, 0) is 0 Å². The van der Waals surface area contributed by atoms with Crippen LogP contribution in [0.4, 0.5) is 0 Å². The highest BCUT2D eigenvalue weighted by Gasteiger charge is 2.24. The summed E-state index contributed by atoms with van der Waals surface area (Å²) in [7, 11) is 0. The molecular weight excluding hydrogens is 537 g/mol. The van der Waals surface area contributed by atoms with Gasteiger partial charge in [-0.3, -0.25) is 4.90 Å². The maximum atomic E-state index is 10.4. The highest BCUT2D eigenvalue weighted by molar-refractivity contribution is 14.1. The summed E-state index contributed by atoms with van der Waals surface area (Å²) in [5, 5.41) is 13.7. The molecule has 2 rings (SSSR count). The van der Waals surface area contributed by atoms with Crippen LogP contribution in [0.1, 0.15) is 18.0 Å². The molecule has 0 saturated carbocycles. The van der Waals surface area contributed by atoms with Gasteiger partial charge in [-0.25, -0.2) is 0 Å². The number of aromatic hydroxyl groups is 1. The lowest BCUT2D eigenvalue weighted by atomic mass is 10.00. The van der Waals surface area contributed by atoms with Crippen LogP contribution >= 0.6 is 70.0 Å². The fraction of sp³-hybridized carbons (Fsp3) is 0.429.